The average Bonchev–Trinajstić information content (AvgIpc) is 2.81. The summed E-state index contributed by atoms with van der Waals surface area (Å²) in [4.78, 5) is 0.243. The molecular formula is C10H11N3O2S2. The molecule has 0 amide bonds. The van der Waals surface area contributed by atoms with Crippen LogP contribution in [-0.4, -0.2) is 18.6 Å². The molecule has 0 saturated heterocycles. The van der Waals surface area contributed by atoms with Crippen LogP contribution < -0.4 is 4.72 Å². The lowest BCUT2D eigenvalue weighted by Gasteiger charge is -2.05. The topological polar surface area (TPSA) is 72.0 Å². The van der Waals surface area contributed by atoms with Crippen LogP contribution in [0.3, 0.4) is 0 Å². The monoisotopic (exact) mass is 269 g/mol. The third kappa shape index (κ3) is 2.80. The van der Waals surface area contributed by atoms with Gasteiger partial charge in [0.15, 0.2) is 0 Å². The third-order valence-corrected chi connectivity index (χ3v) is 4.27. The first-order valence-electron chi connectivity index (χ1n) is 5.00. The number of aromatic nitrogens is 2. The van der Waals surface area contributed by atoms with E-state index in [4.69, 9.17) is 0 Å². The van der Waals surface area contributed by atoms with Crippen LogP contribution in [0.5, 0.6) is 0 Å². The normalized spacial score (nSPS) is 11.4. The summed E-state index contributed by atoms with van der Waals surface area (Å²) in [6, 6.07) is 6.84. The number of nitrogens with one attached hydrogen (secondary N) is 1. The van der Waals surface area contributed by atoms with Gasteiger partial charge in [-0.15, -0.1) is 10.2 Å². The van der Waals surface area contributed by atoms with Gasteiger partial charge in [-0.1, -0.05) is 30.4 Å². The molecule has 0 fully saturated rings. The number of rotatable bonds is 4. The molecule has 1 aromatic carbocycles. The van der Waals surface area contributed by atoms with Gasteiger partial charge in [-0.3, -0.25) is 4.72 Å². The zero-order valence-electron chi connectivity index (χ0n) is 9.12. The van der Waals surface area contributed by atoms with E-state index < -0.39 is 10.0 Å². The second-order valence-corrected chi connectivity index (χ2v) is 5.87. The van der Waals surface area contributed by atoms with Crippen molar-refractivity contribution >= 4 is 26.5 Å². The van der Waals surface area contributed by atoms with Crippen LogP contribution in [0, 0.1) is 0 Å². The molecule has 7 heteroatoms. The first-order chi connectivity index (χ1) is 8.12. The van der Waals surface area contributed by atoms with E-state index in [1.54, 1.807) is 18.2 Å². The molecule has 1 aromatic heterocycles. The van der Waals surface area contributed by atoms with Crippen LogP contribution in [0.4, 0.5) is 5.13 Å². The highest BCUT2D eigenvalue weighted by Gasteiger charge is 2.15. The van der Waals surface area contributed by atoms with Crippen molar-refractivity contribution < 1.29 is 8.42 Å². The van der Waals surface area contributed by atoms with Gasteiger partial charge in [0, 0.05) is 0 Å². The first kappa shape index (κ1) is 12.0. The summed E-state index contributed by atoms with van der Waals surface area (Å²) in [5.74, 6) is 0. The minimum absolute atomic E-state index is 0.243. The van der Waals surface area contributed by atoms with Crippen molar-refractivity contribution in [3.63, 3.8) is 0 Å². The van der Waals surface area contributed by atoms with Crippen LogP contribution in [0.15, 0.2) is 34.7 Å². The van der Waals surface area contributed by atoms with Gasteiger partial charge in [0.2, 0.25) is 5.13 Å². The molecule has 0 unspecified atom stereocenters. The van der Waals surface area contributed by atoms with Crippen molar-refractivity contribution in [2.45, 2.75) is 18.2 Å². The van der Waals surface area contributed by atoms with E-state index in [0.29, 0.717) is 0 Å². The van der Waals surface area contributed by atoms with E-state index in [-0.39, 0.29) is 10.0 Å². The molecule has 0 radical (unpaired) electrons. The Morgan fingerprint density at radius 3 is 2.88 bits per heavy atom. The van der Waals surface area contributed by atoms with Gasteiger partial charge in [0.05, 0.1) is 4.90 Å². The van der Waals surface area contributed by atoms with E-state index in [1.807, 2.05) is 13.0 Å². The largest absolute Gasteiger partial charge is 0.263 e. The number of anilines is 1. The number of hydrogen-bond acceptors (Lipinski definition) is 5. The lowest BCUT2D eigenvalue weighted by molar-refractivity contribution is 0.601. The van der Waals surface area contributed by atoms with Crippen molar-refractivity contribution in [1.29, 1.82) is 0 Å². The van der Waals surface area contributed by atoms with Gasteiger partial charge in [0.25, 0.3) is 10.0 Å². The van der Waals surface area contributed by atoms with Crippen molar-refractivity contribution in [2.24, 2.45) is 0 Å². The minimum atomic E-state index is -3.56. The molecular weight excluding hydrogens is 258 g/mol. The fourth-order valence-corrected chi connectivity index (χ4v) is 3.09. The maximum atomic E-state index is 12.0. The summed E-state index contributed by atoms with van der Waals surface area (Å²) in [5.41, 5.74) is 2.45. The van der Waals surface area contributed by atoms with Crippen molar-refractivity contribution in [1.82, 2.24) is 10.2 Å². The Hall–Kier alpha value is -1.47. The number of hydrogen-bond donors (Lipinski definition) is 1. The highest BCUT2D eigenvalue weighted by atomic mass is 32.2. The summed E-state index contributed by atoms with van der Waals surface area (Å²) >= 11 is 1.14. The number of aryl methyl sites for hydroxylation is 1. The number of sulfonamides is 1. The second kappa shape index (κ2) is 4.80. The quantitative estimate of drug-likeness (QED) is 0.920. The molecule has 2 aromatic rings. The van der Waals surface area contributed by atoms with Gasteiger partial charge < -0.3 is 0 Å². The standard InChI is InChI=1S/C10H11N3O2S2/c1-2-8-4-3-5-9(6-8)17(14,15)13-10-12-11-7-16-10/h3-7H,2H2,1H3,(H,12,13). The molecule has 5 nitrogen and oxygen atoms in total. The molecule has 0 bridgehead atoms. The highest BCUT2D eigenvalue weighted by Crippen LogP contribution is 2.17. The van der Waals surface area contributed by atoms with E-state index >= 15 is 0 Å². The van der Waals surface area contributed by atoms with Crippen LogP contribution in [0.2, 0.25) is 0 Å². The van der Waals surface area contributed by atoms with E-state index in [9.17, 15) is 8.42 Å². The van der Waals surface area contributed by atoms with Crippen LogP contribution in [0.1, 0.15) is 12.5 Å². The summed E-state index contributed by atoms with van der Waals surface area (Å²) in [6.45, 7) is 1.98. The molecule has 2 rings (SSSR count). The second-order valence-electron chi connectivity index (χ2n) is 3.35. The maximum Gasteiger partial charge on any atom is 0.263 e. The molecule has 0 aliphatic carbocycles. The zero-order valence-corrected chi connectivity index (χ0v) is 10.8. The van der Waals surface area contributed by atoms with Crippen molar-refractivity contribution in [2.75, 3.05) is 4.72 Å². The SMILES string of the molecule is CCc1cccc(S(=O)(=O)Nc2nncs2)c1. The molecule has 1 N–H and O–H groups in total. The van der Waals surface area contributed by atoms with Gasteiger partial charge in [-0.25, -0.2) is 8.42 Å². The molecule has 90 valence electrons. The predicted molar refractivity (Wildman–Crippen MR) is 66.5 cm³/mol. The Labute approximate surface area is 104 Å². The minimum Gasteiger partial charge on any atom is -0.253 e. The van der Waals surface area contributed by atoms with Gasteiger partial charge >= 0.3 is 0 Å². The molecule has 0 atom stereocenters. The smallest absolute Gasteiger partial charge is 0.253 e. The first-order valence-corrected chi connectivity index (χ1v) is 7.36. The van der Waals surface area contributed by atoms with Crippen molar-refractivity contribution in [3.05, 3.63) is 35.3 Å². The number of benzene rings is 1. The third-order valence-electron chi connectivity index (χ3n) is 2.20. The molecule has 0 saturated carbocycles. The Kier molecular flexibility index (Phi) is 3.39. The summed E-state index contributed by atoms with van der Waals surface area (Å²) in [7, 11) is -3.56. The van der Waals surface area contributed by atoms with Crippen molar-refractivity contribution in [3.8, 4) is 0 Å². The fraction of sp³-hybridized carbons (Fsp3) is 0.200. The Balaban J connectivity index is 2.31. The Morgan fingerprint density at radius 2 is 2.24 bits per heavy atom. The van der Waals surface area contributed by atoms with Gasteiger partial charge in [0.1, 0.15) is 5.51 Å². The summed E-state index contributed by atoms with van der Waals surface area (Å²) in [5, 5.41) is 7.49. The number of nitrogens with zero attached hydrogens (tertiary/aromatic N) is 2. The van der Waals surface area contributed by atoms with Crippen LogP contribution in [-0.2, 0) is 16.4 Å². The molecule has 0 spiro atoms. The van der Waals surface area contributed by atoms with Gasteiger partial charge in [-0.05, 0) is 24.1 Å². The summed E-state index contributed by atoms with van der Waals surface area (Å²) in [6.07, 6.45) is 0.794. The van der Waals surface area contributed by atoms with E-state index in [2.05, 4.69) is 14.9 Å². The Morgan fingerprint density at radius 1 is 1.41 bits per heavy atom. The van der Waals surface area contributed by atoms with Crippen LogP contribution >= 0.6 is 11.3 Å². The lowest BCUT2D eigenvalue weighted by atomic mass is 10.2. The van der Waals surface area contributed by atoms with E-state index in [1.165, 1.54) is 5.51 Å². The van der Waals surface area contributed by atoms with Gasteiger partial charge in [-0.2, -0.15) is 0 Å². The molecule has 1 heterocycles. The predicted octanol–water partition coefficient (Wildman–Crippen LogP) is 1.90. The molecule has 0 aliphatic heterocycles. The maximum absolute atomic E-state index is 12.0. The van der Waals surface area contributed by atoms with E-state index in [0.717, 1.165) is 23.3 Å². The zero-order chi connectivity index (χ0) is 12.3. The highest BCUT2D eigenvalue weighted by molar-refractivity contribution is 7.93. The average molecular weight is 269 g/mol. The fourth-order valence-electron chi connectivity index (χ4n) is 1.32. The molecule has 0 aliphatic rings. The lowest BCUT2D eigenvalue weighted by Crippen LogP contribution is -2.13. The summed E-state index contributed by atoms with van der Waals surface area (Å²) < 4.78 is 26.4. The molecule has 17 heavy (non-hydrogen) atoms. The van der Waals surface area contributed by atoms with Crippen LogP contribution in [0.25, 0.3) is 0 Å². The Bertz CT molecular complexity index is 594.